The monoisotopic (exact) mass is 508 g/mol. The molecule has 3 heteroatoms. The van der Waals surface area contributed by atoms with Crippen LogP contribution < -0.4 is 5.46 Å². The van der Waals surface area contributed by atoms with Crippen LogP contribution in [0.15, 0.2) is 110 Å². The van der Waals surface area contributed by atoms with Gasteiger partial charge in [-0.1, -0.05) is 110 Å². The van der Waals surface area contributed by atoms with Gasteiger partial charge in [-0.3, -0.25) is 0 Å². The summed E-state index contributed by atoms with van der Waals surface area (Å²) in [6, 6.07) is 28.9. The molecule has 1 spiro atoms. The van der Waals surface area contributed by atoms with Crippen LogP contribution in [0.4, 0.5) is 0 Å². The van der Waals surface area contributed by atoms with E-state index in [9.17, 15) is 0 Å². The standard InChI is InChI=1S/C36H33BO2/c1-24-15-7-6-14-22-36(29-20-12-10-16-25(24)29)30-21-13-11-19-28(30)33-27-18-9-8-17-26(27)32(23-31(33)36)37-38-34(2,3)35(4,5)39-37/h6-21,23H,1,22H2,2-5H3/b14-6-,15-7-. The highest BCUT2D eigenvalue weighted by molar-refractivity contribution is 6.65. The van der Waals surface area contributed by atoms with Gasteiger partial charge in [-0.15, -0.1) is 0 Å². The predicted octanol–water partition coefficient (Wildman–Crippen LogP) is 7.98. The second-order valence-corrected chi connectivity index (χ2v) is 12.0. The lowest BCUT2D eigenvalue weighted by Gasteiger charge is -2.34. The van der Waals surface area contributed by atoms with E-state index in [-0.39, 0.29) is 5.41 Å². The first-order valence-corrected chi connectivity index (χ1v) is 13.9. The van der Waals surface area contributed by atoms with Crippen LogP contribution in [0.25, 0.3) is 27.5 Å². The quantitative estimate of drug-likeness (QED) is 0.243. The summed E-state index contributed by atoms with van der Waals surface area (Å²) in [6.07, 6.45) is 9.53. The minimum Gasteiger partial charge on any atom is -0.399 e. The van der Waals surface area contributed by atoms with Gasteiger partial charge in [0.2, 0.25) is 0 Å². The molecular weight excluding hydrogens is 475 g/mol. The Labute approximate surface area is 231 Å². The third kappa shape index (κ3) is 3.36. The molecule has 4 aromatic carbocycles. The zero-order chi connectivity index (χ0) is 27.0. The summed E-state index contributed by atoms with van der Waals surface area (Å²) in [5.74, 6) is 0. The van der Waals surface area contributed by atoms with Crippen LogP contribution in [-0.4, -0.2) is 18.3 Å². The zero-order valence-electron chi connectivity index (χ0n) is 23.1. The van der Waals surface area contributed by atoms with Crippen molar-refractivity contribution in [1.82, 2.24) is 0 Å². The van der Waals surface area contributed by atoms with Crippen molar-refractivity contribution in [2.24, 2.45) is 0 Å². The number of benzene rings is 4. The average Bonchev–Trinajstić information content (AvgIpc) is 3.36. The zero-order valence-corrected chi connectivity index (χ0v) is 23.1. The van der Waals surface area contributed by atoms with Crippen LogP contribution in [0.2, 0.25) is 0 Å². The Kier molecular flexibility index (Phi) is 5.27. The van der Waals surface area contributed by atoms with E-state index < -0.39 is 18.3 Å². The molecule has 0 saturated carbocycles. The van der Waals surface area contributed by atoms with E-state index in [2.05, 4.69) is 137 Å². The number of hydrogen-bond donors (Lipinski definition) is 0. The van der Waals surface area contributed by atoms with Crippen molar-refractivity contribution in [3.63, 3.8) is 0 Å². The lowest BCUT2D eigenvalue weighted by Crippen LogP contribution is -2.41. The Bertz CT molecular complexity index is 1710. The largest absolute Gasteiger partial charge is 0.495 e. The van der Waals surface area contributed by atoms with Gasteiger partial charge in [-0.2, -0.15) is 0 Å². The summed E-state index contributed by atoms with van der Waals surface area (Å²) in [4.78, 5) is 0. The van der Waals surface area contributed by atoms with E-state index in [1.165, 1.54) is 44.2 Å². The first-order chi connectivity index (χ1) is 18.7. The van der Waals surface area contributed by atoms with Gasteiger partial charge in [0.1, 0.15) is 0 Å². The fourth-order valence-electron chi connectivity index (χ4n) is 6.75. The predicted molar refractivity (Wildman–Crippen MR) is 163 cm³/mol. The van der Waals surface area contributed by atoms with Gasteiger partial charge in [0.25, 0.3) is 0 Å². The summed E-state index contributed by atoms with van der Waals surface area (Å²) in [5, 5.41) is 2.42. The lowest BCUT2D eigenvalue weighted by molar-refractivity contribution is 0.00578. The highest BCUT2D eigenvalue weighted by atomic mass is 16.7. The van der Waals surface area contributed by atoms with E-state index in [4.69, 9.17) is 9.31 Å². The summed E-state index contributed by atoms with van der Waals surface area (Å²) in [5.41, 5.74) is 8.61. The van der Waals surface area contributed by atoms with Crippen LogP contribution >= 0.6 is 0 Å². The van der Waals surface area contributed by atoms with Crippen LogP contribution in [0, 0.1) is 0 Å². The Morgan fingerprint density at radius 2 is 1.28 bits per heavy atom. The van der Waals surface area contributed by atoms with Gasteiger partial charge in [-0.05, 0) is 89.3 Å². The normalized spacial score (nSPS) is 24.0. The molecule has 7 rings (SSSR count). The van der Waals surface area contributed by atoms with Crippen molar-refractivity contribution in [3.8, 4) is 11.1 Å². The van der Waals surface area contributed by atoms with Gasteiger partial charge < -0.3 is 9.31 Å². The molecule has 0 aromatic heterocycles. The Morgan fingerprint density at radius 1 is 0.692 bits per heavy atom. The summed E-state index contributed by atoms with van der Waals surface area (Å²) in [7, 11) is -0.454. The minimum absolute atomic E-state index is 0.379. The molecule has 1 fully saturated rings. The van der Waals surface area contributed by atoms with Crippen LogP contribution in [0.3, 0.4) is 0 Å². The molecule has 39 heavy (non-hydrogen) atoms. The van der Waals surface area contributed by atoms with Crippen LogP contribution in [0.5, 0.6) is 0 Å². The third-order valence-corrected chi connectivity index (χ3v) is 9.40. The molecule has 2 nitrogen and oxygen atoms in total. The van der Waals surface area contributed by atoms with Crippen molar-refractivity contribution in [2.75, 3.05) is 0 Å². The van der Waals surface area contributed by atoms with Gasteiger partial charge >= 0.3 is 7.12 Å². The Morgan fingerprint density at radius 3 is 2.00 bits per heavy atom. The number of hydrogen-bond acceptors (Lipinski definition) is 2. The van der Waals surface area contributed by atoms with E-state index in [0.717, 1.165) is 17.5 Å². The van der Waals surface area contributed by atoms with Crippen molar-refractivity contribution in [3.05, 3.63) is 132 Å². The number of allylic oxidation sites excluding steroid dienone is 5. The maximum Gasteiger partial charge on any atom is 0.495 e. The molecule has 1 unspecified atom stereocenters. The average molecular weight is 508 g/mol. The first-order valence-electron chi connectivity index (χ1n) is 13.9. The van der Waals surface area contributed by atoms with E-state index in [0.29, 0.717) is 0 Å². The summed E-state index contributed by atoms with van der Waals surface area (Å²) in [6.45, 7) is 13.0. The van der Waals surface area contributed by atoms with Crippen molar-refractivity contribution < 1.29 is 9.31 Å². The molecule has 0 bridgehead atoms. The SMILES string of the molecule is C=C1/C=C\C=C/CC2(c3ccccc31)c1ccccc1-c1c2cc(B2OC(C)(C)C(C)(C)O2)c2ccccc12. The van der Waals surface area contributed by atoms with Crippen molar-refractivity contribution in [1.29, 1.82) is 0 Å². The van der Waals surface area contributed by atoms with Gasteiger partial charge in [-0.25, -0.2) is 0 Å². The molecular formula is C36H33BO2. The Balaban J connectivity index is 1.60. The second kappa shape index (κ2) is 8.42. The van der Waals surface area contributed by atoms with Gasteiger partial charge in [0, 0.05) is 0 Å². The second-order valence-electron chi connectivity index (χ2n) is 12.0. The first kappa shape index (κ1) is 24.4. The smallest absolute Gasteiger partial charge is 0.399 e. The fourth-order valence-corrected chi connectivity index (χ4v) is 6.75. The minimum atomic E-state index is -0.454. The topological polar surface area (TPSA) is 18.5 Å². The van der Waals surface area contributed by atoms with E-state index in [1.807, 2.05) is 0 Å². The van der Waals surface area contributed by atoms with Crippen LogP contribution in [-0.2, 0) is 14.7 Å². The molecule has 0 amide bonds. The molecule has 0 N–H and O–H groups in total. The fraction of sp³-hybridized carbons (Fsp3) is 0.222. The van der Waals surface area contributed by atoms with Gasteiger partial charge in [0.15, 0.2) is 0 Å². The Hall–Kier alpha value is -3.66. The maximum absolute atomic E-state index is 6.66. The third-order valence-electron chi connectivity index (χ3n) is 9.40. The number of rotatable bonds is 1. The van der Waals surface area contributed by atoms with E-state index >= 15 is 0 Å². The lowest BCUT2D eigenvalue weighted by atomic mass is 9.65. The molecule has 3 aliphatic rings. The molecule has 1 saturated heterocycles. The number of fused-ring (bicyclic) bond motifs is 9. The van der Waals surface area contributed by atoms with Crippen LogP contribution in [0.1, 0.15) is 56.4 Å². The molecule has 1 atom stereocenters. The maximum atomic E-state index is 6.66. The summed E-state index contributed by atoms with van der Waals surface area (Å²) >= 11 is 0. The molecule has 1 aliphatic heterocycles. The molecule has 0 radical (unpaired) electrons. The summed E-state index contributed by atoms with van der Waals surface area (Å²) < 4.78 is 13.3. The van der Waals surface area contributed by atoms with Crippen molar-refractivity contribution in [2.45, 2.75) is 50.7 Å². The van der Waals surface area contributed by atoms with Gasteiger partial charge in [0.05, 0.1) is 16.6 Å². The van der Waals surface area contributed by atoms with E-state index in [1.54, 1.807) is 0 Å². The highest BCUT2D eigenvalue weighted by Gasteiger charge is 2.53. The molecule has 192 valence electrons. The molecule has 4 aromatic rings. The van der Waals surface area contributed by atoms with Crippen molar-refractivity contribution >= 4 is 28.9 Å². The highest BCUT2D eigenvalue weighted by Crippen LogP contribution is 2.57. The molecule has 1 heterocycles. The molecule has 2 aliphatic carbocycles.